The molecule has 0 fully saturated rings. The molecule has 1 rings (SSSR count). The van der Waals surface area contributed by atoms with Crippen LogP contribution in [0.25, 0.3) is 0 Å². The Bertz CT molecular complexity index is 418. The summed E-state index contributed by atoms with van der Waals surface area (Å²) < 4.78 is 0. The van der Waals surface area contributed by atoms with Gasteiger partial charge < -0.3 is 10.0 Å². The van der Waals surface area contributed by atoms with E-state index in [-0.39, 0.29) is 6.42 Å². The van der Waals surface area contributed by atoms with Gasteiger partial charge in [0.25, 0.3) is 0 Å². The molecule has 92 valence electrons. The summed E-state index contributed by atoms with van der Waals surface area (Å²) in [6.45, 7) is 6.78. The monoisotopic (exact) mass is 253 g/mol. The number of anilines is 1. The number of aliphatic carboxylic acids is 1. The van der Waals surface area contributed by atoms with Crippen LogP contribution >= 0.6 is 11.6 Å². The standard InChI is InChI=1S/C13H16ClNO2/c1-10(2)9-15(8-7-13(16)17)12-6-4-3-5-11(12)14/h3-6H,1,7-9H2,2H3,(H,16,17). The van der Waals surface area contributed by atoms with Gasteiger partial charge in [0.2, 0.25) is 0 Å². The maximum Gasteiger partial charge on any atom is 0.305 e. The molecule has 1 aromatic carbocycles. The Morgan fingerprint density at radius 1 is 1.47 bits per heavy atom. The number of carboxylic acid groups (broad SMARTS) is 1. The van der Waals surface area contributed by atoms with E-state index < -0.39 is 5.97 Å². The summed E-state index contributed by atoms with van der Waals surface area (Å²) >= 11 is 6.10. The first-order chi connectivity index (χ1) is 8.00. The highest BCUT2D eigenvalue weighted by Gasteiger charge is 2.11. The molecule has 0 radical (unpaired) electrons. The van der Waals surface area contributed by atoms with E-state index >= 15 is 0 Å². The van der Waals surface area contributed by atoms with Crippen molar-refractivity contribution in [2.45, 2.75) is 13.3 Å². The average Bonchev–Trinajstić information content (AvgIpc) is 2.24. The largest absolute Gasteiger partial charge is 0.481 e. The molecular formula is C13H16ClNO2. The van der Waals surface area contributed by atoms with Crippen LogP contribution < -0.4 is 4.90 Å². The second-order valence-electron chi connectivity index (χ2n) is 3.97. The van der Waals surface area contributed by atoms with Crippen molar-refractivity contribution in [3.05, 3.63) is 41.4 Å². The lowest BCUT2D eigenvalue weighted by Gasteiger charge is -2.25. The van der Waals surface area contributed by atoms with Crippen LogP contribution in [-0.2, 0) is 4.79 Å². The van der Waals surface area contributed by atoms with E-state index in [0.29, 0.717) is 18.1 Å². The second kappa shape index (κ2) is 6.30. The minimum absolute atomic E-state index is 0.0818. The van der Waals surface area contributed by atoms with Crippen LogP contribution in [0.1, 0.15) is 13.3 Å². The van der Waals surface area contributed by atoms with Gasteiger partial charge in [0.05, 0.1) is 17.1 Å². The Balaban J connectivity index is 2.85. The van der Waals surface area contributed by atoms with Crippen LogP contribution in [0.15, 0.2) is 36.4 Å². The molecule has 0 spiro atoms. The van der Waals surface area contributed by atoms with E-state index in [9.17, 15) is 4.79 Å². The molecule has 0 atom stereocenters. The highest BCUT2D eigenvalue weighted by Crippen LogP contribution is 2.25. The molecule has 0 amide bonds. The zero-order valence-corrected chi connectivity index (χ0v) is 10.6. The molecule has 4 heteroatoms. The molecule has 0 aliphatic carbocycles. The van der Waals surface area contributed by atoms with Crippen molar-refractivity contribution in [1.82, 2.24) is 0 Å². The van der Waals surface area contributed by atoms with E-state index in [1.165, 1.54) is 0 Å². The molecule has 0 aliphatic rings. The minimum atomic E-state index is -0.816. The van der Waals surface area contributed by atoms with E-state index in [4.69, 9.17) is 16.7 Å². The summed E-state index contributed by atoms with van der Waals surface area (Å²) in [5.74, 6) is -0.816. The Kier molecular flexibility index (Phi) is 5.04. The number of rotatable bonds is 6. The highest BCUT2D eigenvalue weighted by atomic mass is 35.5. The van der Waals surface area contributed by atoms with Crippen molar-refractivity contribution in [3.63, 3.8) is 0 Å². The van der Waals surface area contributed by atoms with Crippen LogP contribution in [0, 0.1) is 0 Å². The zero-order valence-electron chi connectivity index (χ0n) is 9.82. The van der Waals surface area contributed by atoms with Gasteiger partial charge in [-0.1, -0.05) is 35.9 Å². The number of carboxylic acids is 1. The Labute approximate surface area is 106 Å². The van der Waals surface area contributed by atoms with Crippen LogP contribution in [-0.4, -0.2) is 24.2 Å². The molecule has 3 nitrogen and oxygen atoms in total. The van der Waals surface area contributed by atoms with Crippen LogP contribution in [0.3, 0.4) is 0 Å². The molecule has 17 heavy (non-hydrogen) atoms. The first-order valence-electron chi connectivity index (χ1n) is 5.36. The fraction of sp³-hybridized carbons (Fsp3) is 0.308. The number of halogens is 1. The molecule has 0 heterocycles. The lowest BCUT2D eigenvalue weighted by Crippen LogP contribution is -2.28. The summed E-state index contributed by atoms with van der Waals surface area (Å²) in [5, 5.41) is 9.35. The highest BCUT2D eigenvalue weighted by molar-refractivity contribution is 6.33. The van der Waals surface area contributed by atoms with Gasteiger partial charge in [-0.2, -0.15) is 0 Å². The number of benzene rings is 1. The molecule has 1 aromatic rings. The molecule has 0 saturated heterocycles. The summed E-state index contributed by atoms with van der Waals surface area (Å²) in [4.78, 5) is 12.6. The van der Waals surface area contributed by atoms with E-state index in [1.807, 2.05) is 30.0 Å². The molecule has 1 N–H and O–H groups in total. The van der Waals surface area contributed by atoms with Gasteiger partial charge in [0, 0.05) is 13.1 Å². The maximum absolute atomic E-state index is 10.6. The van der Waals surface area contributed by atoms with Crippen molar-refractivity contribution in [2.24, 2.45) is 0 Å². The van der Waals surface area contributed by atoms with Crippen molar-refractivity contribution in [2.75, 3.05) is 18.0 Å². The number of carbonyl (C=O) groups is 1. The smallest absolute Gasteiger partial charge is 0.305 e. The number of hydrogen-bond acceptors (Lipinski definition) is 2. The molecule has 0 aliphatic heterocycles. The normalized spacial score (nSPS) is 10.0. The zero-order chi connectivity index (χ0) is 12.8. The summed E-state index contributed by atoms with van der Waals surface area (Å²) in [5.41, 5.74) is 1.81. The van der Waals surface area contributed by atoms with Crippen LogP contribution in [0.2, 0.25) is 5.02 Å². The van der Waals surface area contributed by atoms with Crippen LogP contribution in [0.4, 0.5) is 5.69 Å². The average molecular weight is 254 g/mol. The summed E-state index contributed by atoms with van der Waals surface area (Å²) in [7, 11) is 0. The van der Waals surface area contributed by atoms with Crippen molar-refractivity contribution < 1.29 is 9.90 Å². The van der Waals surface area contributed by atoms with Crippen LogP contribution in [0.5, 0.6) is 0 Å². The lowest BCUT2D eigenvalue weighted by molar-refractivity contribution is -0.136. The minimum Gasteiger partial charge on any atom is -0.481 e. The molecule has 0 unspecified atom stereocenters. The fourth-order valence-corrected chi connectivity index (χ4v) is 1.80. The van der Waals surface area contributed by atoms with E-state index in [2.05, 4.69) is 6.58 Å². The number of hydrogen-bond donors (Lipinski definition) is 1. The second-order valence-corrected chi connectivity index (χ2v) is 4.38. The predicted octanol–water partition coefficient (Wildman–Crippen LogP) is 3.20. The Hall–Kier alpha value is -1.48. The van der Waals surface area contributed by atoms with Crippen molar-refractivity contribution in [3.8, 4) is 0 Å². The summed E-state index contributed by atoms with van der Waals surface area (Å²) in [6.07, 6.45) is 0.0818. The number of nitrogens with zero attached hydrogens (tertiary/aromatic N) is 1. The third-order valence-electron chi connectivity index (χ3n) is 2.25. The van der Waals surface area contributed by atoms with E-state index in [0.717, 1.165) is 11.3 Å². The third kappa shape index (κ3) is 4.49. The maximum atomic E-state index is 10.6. The Morgan fingerprint density at radius 3 is 2.65 bits per heavy atom. The van der Waals surface area contributed by atoms with Gasteiger partial charge in [-0.3, -0.25) is 4.79 Å². The van der Waals surface area contributed by atoms with Gasteiger partial charge in [-0.05, 0) is 19.1 Å². The third-order valence-corrected chi connectivity index (χ3v) is 2.57. The van der Waals surface area contributed by atoms with Gasteiger partial charge >= 0.3 is 5.97 Å². The van der Waals surface area contributed by atoms with Crippen molar-refractivity contribution in [1.29, 1.82) is 0 Å². The lowest BCUT2D eigenvalue weighted by atomic mass is 10.2. The molecule has 0 saturated carbocycles. The quantitative estimate of drug-likeness (QED) is 0.792. The predicted molar refractivity (Wildman–Crippen MR) is 70.7 cm³/mol. The van der Waals surface area contributed by atoms with Gasteiger partial charge in [0.1, 0.15) is 0 Å². The first kappa shape index (κ1) is 13.6. The first-order valence-corrected chi connectivity index (χ1v) is 5.74. The topological polar surface area (TPSA) is 40.5 Å². The van der Waals surface area contributed by atoms with Gasteiger partial charge in [0.15, 0.2) is 0 Å². The van der Waals surface area contributed by atoms with Gasteiger partial charge in [-0.25, -0.2) is 0 Å². The van der Waals surface area contributed by atoms with Crippen molar-refractivity contribution >= 4 is 23.3 Å². The SMILES string of the molecule is C=C(C)CN(CCC(=O)O)c1ccccc1Cl. The molecule has 0 aromatic heterocycles. The fourth-order valence-electron chi connectivity index (χ4n) is 1.55. The Morgan fingerprint density at radius 2 is 2.12 bits per heavy atom. The summed E-state index contributed by atoms with van der Waals surface area (Å²) in [6, 6.07) is 7.41. The molecule has 0 bridgehead atoms. The molecular weight excluding hydrogens is 238 g/mol. The number of para-hydroxylation sites is 1. The van der Waals surface area contributed by atoms with E-state index in [1.54, 1.807) is 6.07 Å². The van der Waals surface area contributed by atoms with Gasteiger partial charge in [-0.15, -0.1) is 0 Å².